The first-order chi connectivity index (χ1) is 17.6. The molecule has 1 aliphatic rings. The number of fused-ring (bicyclic) bond motifs is 1. The largest absolute Gasteiger partial charge is 0.368 e. The zero-order valence-corrected chi connectivity index (χ0v) is 21.3. The fourth-order valence-corrected chi connectivity index (χ4v) is 5.01. The number of amides is 1. The van der Waals surface area contributed by atoms with E-state index >= 15 is 0 Å². The van der Waals surface area contributed by atoms with E-state index < -0.39 is 0 Å². The van der Waals surface area contributed by atoms with Crippen LogP contribution in [-0.4, -0.2) is 48.4 Å². The molecule has 1 heterocycles. The number of piperazine rings is 1. The van der Waals surface area contributed by atoms with Crippen molar-refractivity contribution in [2.75, 3.05) is 32.7 Å². The Balaban J connectivity index is 1.24. The van der Waals surface area contributed by atoms with Crippen LogP contribution in [-0.2, 0) is 11.3 Å². The molecule has 5 rings (SSSR count). The lowest BCUT2D eigenvalue weighted by Gasteiger charge is -2.36. The lowest BCUT2D eigenvalue weighted by molar-refractivity contribution is 0.00343. The highest BCUT2D eigenvalue weighted by Gasteiger charge is 2.25. The van der Waals surface area contributed by atoms with E-state index in [-0.39, 0.29) is 12.0 Å². The van der Waals surface area contributed by atoms with Crippen LogP contribution in [0.3, 0.4) is 0 Å². The second-order valence-electron chi connectivity index (χ2n) is 9.46. The van der Waals surface area contributed by atoms with Gasteiger partial charge in [-0.2, -0.15) is 0 Å². The maximum absolute atomic E-state index is 13.4. The van der Waals surface area contributed by atoms with Gasteiger partial charge in [-0.1, -0.05) is 90.0 Å². The molecule has 0 N–H and O–H groups in total. The normalized spacial score (nSPS) is 15.2. The first-order valence-electron chi connectivity index (χ1n) is 12.5. The molecule has 4 aromatic carbocycles. The summed E-state index contributed by atoms with van der Waals surface area (Å²) in [5, 5.41) is 2.83. The summed E-state index contributed by atoms with van der Waals surface area (Å²) in [6, 6.07) is 30.4. The predicted octanol–water partition coefficient (Wildman–Crippen LogP) is 6.52. The second-order valence-corrected chi connectivity index (χ2v) is 9.90. The van der Waals surface area contributed by atoms with Crippen LogP contribution >= 0.6 is 11.6 Å². The van der Waals surface area contributed by atoms with Crippen molar-refractivity contribution < 1.29 is 9.53 Å². The van der Waals surface area contributed by atoms with E-state index in [2.05, 4.69) is 48.2 Å². The Morgan fingerprint density at radius 2 is 1.61 bits per heavy atom. The highest BCUT2D eigenvalue weighted by molar-refractivity contribution is 6.30. The van der Waals surface area contributed by atoms with Crippen molar-refractivity contribution in [2.24, 2.45) is 0 Å². The Hall–Kier alpha value is -3.18. The van der Waals surface area contributed by atoms with E-state index in [1.165, 1.54) is 11.1 Å². The summed E-state index contributed by atoms with van der Waals surface area (Å²) >= 11 is 6.14. The average Bonchev–Trinajstić information content (AvgIpc) is 2.91. The van der Waals surface area contributed by atoms with Crippen LogP contribution in [0.25, 0.3) is 10.8 Å². The topological polar surface area (TPSA) is 32.8 Å². The zero-order valence-electron chi connectivity index (χ0n) is 20.6. The quantitative estimate of drug-likeness (QED) is 0.291. The molecule has 1 aliphatic heterocycles. The maximum atomic E-state index is 13.4. The van der Waals surface area contributed by atoms with Crippen molar-refractivity contribution in [2.45, 2.75) is 19.6 Å². The smallest absolute Gasteiger partial charge is 0.254 e. The summed E-state index contributed by atoms with van der Waals surface area (Å²) in [4.78, 5) is 17.7. The molecule has 0 saturated carbocycles. The van der Waals surface area contributed by atoms with Gasteiger partial charge >= 0.3 is 0 Å². The highest BCUT2D eigenvalue weighted by Crippen LogP contribution is 2.25. The maximum Gasteiger partial charge on any atom is 0.254 e. The Bertz CT molecular complexity index is 1320. The molecular formula is C31H31ClN2O2. The molecule has 184 valence electrons. The van der Waals surface area contributed by atoms with Gasteiger partial charge in [-0.05, 0) is 47.0 Å². The number of halogens is 1. The summed E-state index contributed by atoms with van der Waals surface area (Å²) in [6.07, 6.45) is -0.0805. The van der Waals surface area contributed by atoms with Crippen LogP contribution in [0.4, 0.5) is 0 Å². The minimum absolute atomic E-state index is 0.0805. The zero-order chi connectivity index (χ0) is 24.9. The minimum atomic E-state index is -0.0805. The lowest BCUT2D eigenvalue weighted by Crippen LogP contribution is -2.49. The van der Waals surface area contributed by atoms with Crippen LogP contribution in [0, 0.1) is 6.92 Å². The summed E-state index contributed by atoms with van der Waals surface area (Å²) < 4.78 is 6.44. The molecule has 1 atom stereocenters. The van der Waals surface area contributed by atoms with Gasteiger partial charge in [0.25, 0.3) is 5.91 Å². The third-order valence-electron chi connectivity index (χ3n) is 6.88. The van der Waals surface area contributed by atoms with Crippen LogP contribution in [0.5, 0.6) is 0 Å². The van der Waals surface area contributed by atoms with Crippen molar-refractivity contribution >= 4 is 28.3 Å². The van der Waals surface area contributed by atoms with Gasteiger partial charge in [-0.25, -0.2) is 0 Å². The van der Waals surface area contributed by atoms with Crippen LogP contribution in [0.2, 0.25) is 5.02 Å². The number of carbonyl (C=O) groups excluding carboxylic acids is 1. The molecule has 1 amide bonds. The number of hydrogen-bond donors (Lipinski definition) is 0. The van der Waals surface area contributed by atoms with Gasteiger partial charge in [0.05, 0.1) is 12.7 Å². The molecule has 0 spiro atoms. The Morgan fingerprint density at radius 1 is 0.889 bits per heavy atom. The van der Waals surface area contributed by atoms with Crippen molar-refractivity contribution in [1.29, 1.82) is 0 Å². The van der Waals surface area contributed by atoms with Crippen molar-refractivity contribution in [3.63, 3.8) is 0 Å². The molecule has 36 heavy (non-hydrogen) atoms. The number of nitrogens with zero attached hydrogens (tertiary/aromatic N) is 2. The number of aryl methyl sites for hydroxylation is 1. The molecule has 0 aromatic heterocycles. The summed E-state index contributed by atoms with van der Waals surface area (Å²) in [7, 11) is 0. The van der Waals surface area contributed by atoms with E-state index in [0.29, 0.717) is 19.7 Å². The minimum Gasteiger partial charge on any atom is -0.368 e. The van der Waals surface area contributed by atoms with E-state index in [1.807, 2.05) is 59.5 Å². The Morgan fingerprint density at radius 3 is 2.39 bits per heavy atom. The third kappa shape index (κ3) is 5.79. The third-order valence-corrected chi connectivity index (χ3v) is 7.13. The Kier molecular flexibility index (Phi) is 7.66. The standard InChI is InChI=1S/C31H31ClN2O2/c1-23-6-4-7-24(20-23)22-36-30(26-12-14-27(32)15-13-26)21-33-16-18-34(19-17-33)31(35)29-11-5-9-25-8-2-3-10-28(25)29/h2-15,20,30H,16-19,21-22H2,1H3. The molecule has 1 unspecified atom stereocenters. The predicted molar refractivity (Wildman–Crippen MR) is 146 cm³/mol. The van der Waals surface area contributed by atoms with Crippen molar-refractivity contribution in [1.82, 2.24) is 9.80 Å². The molecule has 1 saturated heterocycles. The van der Waals surface area contributed by atoms with E-state index in [1.54, 1.807) is 0 Å². The van der Waals surface area contributed by atoms with E-state index in [9.17, 15) is 4.79 Å². The monoisotopic (exact) mass is 498 g/mol. The van der Waals surface area contributed by atoms with Gasteiger partial charge < -0.3 is 9.64 Å². The number of ether oxygens (including phenoxy) is 1. The van der Waals surface area contributed by atoms with Gasteiger partial charge in [0.1, 0.15) is 0 Å². The Labute approximate surface area is 218 Å². The van der Waals surface area contributed by atoms with Gasteiger partial charge in [0, 0.05) is 43.3 Å². The van der Waals surface area contributed by atoms with Gasteiger partial charge in [-0.15, -0.1) is 0 Å². The molecule has 1 fully saturated rings. The van der Waals surface area contributed by atoms with Crippen LogP contribution in [0.1, 0.15) is 33.2 Å². The molecule has 4 aromatic rings. The molecule has 0 aliphatic carbocycles. The molecule has 4 nitrogen and oxygen atoms in total. The van der Waals surface area contributed by atoms with Gasteiger partial charge in [0.15, 0.2) is 0 Å². The van der Waals surface area contributed by atoms with E-state index in [0.717, 1.165) is 46.6 Å². The second kappa shape index (κ2) is 11.3. The average molecular weight is 499 g/mol. The number of hydrogen-bond acceptors (Lipinski definition) is 3. The highest BCUT2D eigenvalue weighted by atomic mass is 35.5. The number of benzene rings is 4. The van der Waals surface area contributed by atoms with Crippen molar-refractivity contribution in [3.8, 4) is 0 Å². The molecule has 5 heteroatoms. The molecule has 0 bridgehead atoms. The van der Waals surface area contributed by atoms with Gasteiger partial charge in [-0.3, -0.25) is 9.69 Å². The SMILES string of the molecule is Cc1cccc(COC(CN2CCN(C(=O)c3cccc4ccccc34)CC2)c2ccc(Cl)cc2)c1. The first kappa shape index (κ1) is 24.5. The van der Waals surface area contributed by atoms with E-state index in [4.69, 9.17) is 16.3 Å². The number of carbonyl (C=O) groups is 1. The lowest BCUT2D eigenvalue weighted by atomic mass is 10.0. The summed E-state index contributed by atoms with van der Waals surface area (Å²) in [6.45, 7) is 6.45. The van der Waals surface area contributed by atoms with Crippen LogP contribution in [0.15, 0.2) is 91.0 Å². The fourth-order valence-electron chi connectivity index (χ4n) is 4.88. The number of rotatable bonds is 7. The molecular weight excluding hydrogens is 468 g/mol. The summed E-state index contributed by atoms with van der Waals surface area (Å²) in [5.41, 5.74) is 4.29. The van der Waals surface area contributed by atoms with Crippen LogP contribution < -0.4 is 0 Å². The first-order valence-corrected chi connectivity index (χ1v) is 12.9. The van der Waals surface area contributed by atoms with Crippen molar-refractivity contribution in [3.05, 3.63) is 118 Å². The fraction of sp³-hybridized carbons (Fsp3) is 0.258. The van der Waals surface area contributed by atoms with Gasteiger partial charge in [0.2, 0.25) is 0 Å². The molecule has 0 radical (unpaired) electrons. The summed E-state index contributed by atoms with van der Waals surface area (Å²) in [5.74, 6) is 0.108.